The Morgan fingerprint density at radius 3 is 2.91 bits per heavy atom. The van der Waals surface area contributed by atoms with E-state index in [4.69, 9.17) is 0 Å². The molecule has 3 fully saturated rings. The monoisotopic (exact) mass is 311 g/mol. The zero-order valence-corrected chi connectivity index (χ0v) is 13.2. The summed E-state index contributed by atoms with van der Waals surface area (Å²) in [5, 5.41) is 1.07. The molecule has 0 aromatic carbocycles. The van der Waals surface area contributed by atoms with Gasteiger partial charge in [-0.05, 0) is 38.2 Å². The second kappa shape index (κ2) is 4.69. The minimum atomic E-state index is 0.0593. The lowest BCUT2D eigenvalue weighted by molar-refractivity contribution is -0.135. The van der Waals surface area contributed by atoms with Gasteiger partial charge in [0.05, 0.1) is 10.9 Å². The lowest BCUT2D eigenvalue weighted by atomic mass is 10.2. The molecule has 0 radical (unpaired) electrons. The van der Waals surface area contributed by atoms with Crippen LogP contribution < -0.4 is 4.90 Å². The first-order chi connectivity index (χ1) is 11.3. The third-order valence-electron chi connectivity index (χ3n) is 5.52. The Morgan fingerprint density at radius 1 is 1.26 bits per heavy atom. The van der Waals surface area contributed by atoms with Gasteiger partial charge in [0.2, 0.25) is 5.91 Å². The number of hydrogen-bond acceptors (Lipinski definition) is 4. The van der Waals surface area contributed by atoms with Crippen molar-refractivity contribution in [2.24, 2.45) is 5.92 Å². The predicted molar refractivity (Wildman–Crippen MR) is 87.1 cm³/mol. The van der Waals surface area contributed by atoms with Crippen molar-refractivity contribution in [3.8, 4) is 0 Å². The van der Waals surface area contributed by atoms with E-state index in [-0.39, 0.29) is 5.54 Å². The Bertz CT molecular complexity index is 761. The van der Waals surface area contributed by atoms with Crippen molar-refractivity contribution < 1.29 is 4.79 Å². The number of nitrogens with zero attached hydrogens (tertiary/aromatic N) is 4. The van der Waals surface area contributed by atoms with Crippen molar-refractivity contribution in [2.45, 2.75) is 37.6 Å². The summed E-state index contributed by atoms with van der Waals surface area (Å²) in [6.45, 7) is 2.75. The van der Waals surface area contributed by atoms with E-state index in [1.54, 1.807) is 6.33 Å². The van der Waals surface area contributed by atoms with Crippen LogP contribution in [0.1, 0.15) is 32.1 Å². The minimum Gasteiger partial charge on any atom is -0.354 e. The fourth-order valence-electron chi connectivity index (χ4n) is 3.93. The van der Waals surface area contributed by atoms with Gasteiger partial charge in [0.25, 0.3) is 0 Å². The van der Waals surface area contributed by atoms with Crippen LogP contribution in [0.5, 0.6) is 0 Å². The molecule has 23 heavy (non-hydrogen) atoms. The van der Waals surface area contributed by atoms with E-state index < -0.39 is 0 Å². The van der Waals surface area contributed by atoms with Gasteiger partial charge in [0.15, 0.2) is 0 Å². The molecule has 3 heterocycles. The zero-order valence-electron chi connectivity index (χ0n) is 13.2. The smallest absolute Gasteiger partial charge is 0.226 e. The van der Waals surface area contributed by atoms with Gasteiger partial charge in [0, 0.05) is 31.7 Å². The average Bonchev–Trinajstić information content (AvgIpc) is 3.48. The predicted octanol–water partition coefficient (Wildman–Crippen LogP) is 1.94. The Kier molecular flexibility index (Phi) is 2.72. The largest absolute Gasteiger partial charge is 0.354 e. The van der Waals surface area contributed by atoms with Gasteiger partial charge in [-0.2, -0.15) is 0 Å². The molecule has 6 heteroatoms. The van der Waals surface area contributed by atoms with E-state index in [1.807, 2.05) is 12.3 Å². The summed E-state index contributed by atoms with van der Waals surface area (Å²) in [5.74, 6) is 1.72. The lowest BCUT2D eigenvalue weighted by Crippen LogP contribution is -2.47. The Morgan fingerprint density at radius 2 is 2.13 bits per heavy atom. The van der Waals surface area contributed by atoms with Crippen molar-refractivity contribution in [2.75, 3.05) is 24.5 Å². The summed E-state index contributed by atoms with van der Waals surface area (Å²) in [4.78, 5) is 29.2. The molecule has 1 N–H and O–H groups in total. The van der Waals surface area contributed by atoms with Gasteiger partial charge < -0.3 is 14.8 Å². The molecule has 0 atom stereocenters. The number of nitrogens with one attached hydrogen (secondary N) is 1. The Labute approximate surface area is 134 Å². The minimum absolute atomic E-state index is 0.0593. The number of fused-ring (bicyclic) bond motifs is 1. The van der Waals surface area contributed by atoms with Gasteiger partial charge in [-0.15, -0.1) is 0 Å². The first-order valence-corrected chi connectivity index (χ1v) is 8.61. The first kappa shape index (κ1) is 13.3. The SMILES string of the molecule is O=C(C1CC1)N1CCCN(c2ncnc3[nH]ccc23)CC12CC2. The molecule has 2 aliphatic carbocycles. The highest BCUT2D eigenvalue weighted by atomic mass is 16.2. The van der Waals surface area contributed by atoms with Gasteiger partial charge in [-0.25, -0.2) is 9.97 Å². The maximum atomic E-state index is 12.7. The standard InChI is InChI=1S/C17H21N5O/c23-16(12-2-3-12)22-9-1-8-21(10-17(22)5-6-17)15-13-4-7-18-14(13)19-11-20-15/h4,7,11-12H,1-3,5-6,8-10H2,(H,18,19,20). The van der Waals surface area contributed by atoms with Gasteiger partial charge in [-0.1, -0.05) is 0 Å². The van der Waals surface area contributed by atoms with Crippen molar-refractivity contribution in [3.63, 3.8) is 0 Å². The molecule has 120 valence electrons. The highest BCUT2D eigenvalue weighted by Crippen LogP contribution is 2.47. The molecular formula is C17H21N5O. The molecule has 1 amide bonds. The molecule has 3 aliphatic rings. The molecule has 2 aromatic rings. The van der Waals surface area contributed by atoms with Gasteiger partial charge in [0.1, 0.15) is 17.8 Å². The number of hydrogen-bond donors (Lipinski definition) is 1. The fourth-order valence-corrected chi connectivity index (χ4v) is 3.93. The molecular weight excluding hydrogens is 290 g/mol. The molecule has 6 nitrogen and oxygen atoms in total. The van der Waals surface area contributed by atoms with Crippen LogP contribution in [0.3, 0.4) is 0 Å². The van der Waals surface area contributed by atoms with Crippen molar-refractivity contribution in [3.05, 3.63) is 18.6 Å². The molecule has 0 unspecified atom stereocenters. The molecule has 0 bridgehead atoms. The third kappa shape index (κ3) is 2.11. The number of carbonyl (C=O) groups is 1. The van der Waals surface area contributed by atoms with Crippen LogP contribution in [-0.4, -0.2) is 50.9 Å². The average molecular weight is 311 g/mol. The Hall–Kier alpha value is -2.11. The summed E-state index contributed by atoms with van der Waals surface area (Å²) in [6.07, 6.45) is 8.99. The maximum absolute atomic E-state index is 12.7. The summed E-state index contributed by atoms with van der Waals surface area (Å²) in [6, 6.07) is 2.04. The third-order valence-corrected chi connectivity index (χ3v) is 5.52. The van der Waals surface area contributed by atoms with E-state index in [1.165, 1.54) is 0 Å². The number of anilines is 1. The number of aromatic amines is 1. The summed E-state index contributed by atoms with van der Waals surface area (Å²) in [5.41, 5.74) is 0.944. The van der Waals surface area contributed by atoms with Gasteiger partial charge in [-0.3, -0.25) is 4.79 Å². The van der Waals surface area contributed by atoms with Crippen molar-refractivity contribution >= 4 is 22.8 Å². The first-order valence-electron chi connectivity index (χ1n) is 8.61. The van der Waals surface area contributed by atoms with E-state index in [9.17, 15) is 4.79 Å². The van der Waals surface area contributed by atoms with Crippen molar-refractivity contribution in [1.82, 2.24) is 19.9 Å². The van der Waals surface area contributed by atoms with Gasteiger partial charge >= 0.3 is 0 Å². The van der Waals surface area contributed by atoms with E-state index in [2.05, 4.69) is 24.8 Å². The number of rotatable bonds is 2. The second-order valence-electron chi connectivity index (χ2n) is 7.20. The summed E-state index contributed by atoms with van der Waals surface area (Å²) < 4.78 is 0. The second-order valence-corrected chi connectivity index (χ2v) is 7.20. The van der Waals surface area contributed by atoms with E-state index in [0.717, 1.165) is 68.6 Å². The fraction of sp³-hybridized carbons (Fsp3) is 0.588. The lowest BCUT2D eigenvalue weighted by Gasteiger charge is -2.32. The summed E-state index contributed by atoms with van der Waals surface area (Å²) in [7, 11) is 0. The van der Waals surface area contributed by atoms with Crippen LogP contribution in [0.15, 0.2) is 18.6 Å². The summed E-state index contributed by atoms with van der Waals surface area (Å²) >= 11 is 0. The van der Waals surface area contributed by atoms with Crippen LogP contribution in [0.25, 0.3) is 11.0 Å². The van der Waals surface area contributed by atoms with E-state index >= 15 is 0 Å². The normalized spacial score (nSPS) is 23.3. The van der Waals surface area contributed by atoms with Crippen LogP contribution in [0.4, 0.5) is 5.82 Å². The van der Waals surface area contributed by atoms with Crippen LogP contribution in [0, 0.1) is 5.92 Å². The molecule has 2 saturated carbocycles. The highest BCUT2D eigenvalue weighted by Gasteiger charge is 2.54. The number of carbonyl (C=O) groups excluding carboxylic acids is 1. The highest BCUT2D eigenvalue weighted by molar-refractivity contribution is 5.87. The number of amides is 1. The molecule has 1 spiro atoms. The van der Waals surface area contributed by atoms with E-state index in [0.29, 0.717) is 11.8 Å². The molecule has 5 rings (SSSR count). The van der Waals surface area contributed by atoms with Crippen LogP contribution in [-0.2, 0) is 4.79 Å². The molecule has 1 aliphatic heterocycles. The Balaban J connectivity index is 1.47. The molecule has 1 saturated heterocycles. The number of H-pyrrole nitrogens is 1. The van der Waals surface area contributed by atoms with Crippen molar-refractivity contribution in [1.29, 1.82) is 0 Å². The van der Waals surface area contributed by atoms with Crippen LogP contribution >= 0.6 is 0 Å². The van der Waals surface area contributed by atoms with Crippen LogP contribution in [0.2, 0.25) is 0 Å². The maximum Gasteiger partial charge on any atom is 0.226 e. The zero-order chi connectivity index (χ0) is 15.4. The molecule has 2 aromatic heterocycles. The quantitative estimate of drug-likeness (QED) is 0.920. The number of aromatic nitrogens is 3. The topological polar surface area (TPSA) is 65.1 Å².